The van der Waals surface area contributed by atoms with E-state index in [1.165, 1.54) is 0 Å². The molecule has 2 rings (SSSR count). The molecule has 0 bridgehead atoms. The largest absolute Gasteiger partial charge is 0.468 e. The molecule has 4 nitrogen and oxygen atoms in total. The quantitative estimate of drug-likeness (QED) is 0.855. The number of furan rings is 2. The Morgan fingerprint density at radius 2 is 1.56 bits per heavy atom. The molecule has 2 aromatic heterocycles. The molecule has 0 aliphatic rings. The van der Waals surface area contributed by atoms with E-state index in [1.54, 1.807) is 26.4 Å². The third kappa shape index (κ3) is 4.05. The highest BCUT2D eigenvalue weighted by molar-refractivity contribution is 5.01. The highest BCUT2D eigenvalue weighted by Crippen LogP contribution is 2.14. The third-order valence-corrected chi connectivity index (χ3v) is 2.53. The average Bonchev–Trinajstić information content (AvgIpc) is 2.87. The second-order valence-corrected chi connectivity index (χ2v) is 5.12. The molecule has 0 radical (unpaired) electrons. The minimum atomic E-state index is -0.751. The lowest BCUT2D eigenvalue weighted by Crippen LogP contribution is -2.37. The van der Waals surface area contributed by atoms with Crippen LogP contribution >= 0.6 is 0 Å². The van der Waals surface area contributed by atoms with E-state index >= 15 is 0 Å². The average molecular weight is 249 g/mol. The highest BCUT2D eigenvalue weighted by atomic mass is 16.3. The molecule has 2 heterocycles. The number of hydrogen-bond donors (Lipinski definition) is 1. The first-order chi connectivity index (χ1) is 8.53. The van der Waals surface area contributed by atoms with Gasteiger partial charge in [-0.15, -0.1) is 0 Å². The maximum atomic E-state index is 9.94. The molecule has 0 saturated heterocycles. The first kappa shape index (κ1) is 12.9. The fourth-order valence-electron chi connectivity index (χ4n) is 1.96. The Bertz CT molecular complexity index is 404. The summed E-state index contributed by atoms with van der Waals surface area (Å²) in [5.41, 5.74) is -0.751. The zero-order valence-corrected chi connectivity index (χ0v) is 10.8. The van der Waals surface area contributed by atoms with Crippen LogP contribution in [0.5, 0.6) is 0 Å². The topological polar surface area (TPSA) is 49.8 Å². The van der Waals surface area contributed by atoms with Gasteiger partial charge in [-0.2, -0.15) is 0 Å². The molecule has 0 unspecified atom stereocenters. The van der Waals surface area contributed by atoms with Crippen molar-refractivity contribution in [3.05, 3.63) is 48.3 Å². The second-order valence-electron chi connectivity index (χ2n) is 5.12. The smallest absolute Gasteiger partial charge is 0.117 e. The molecule has 4 heteroatoms. The molecule has 0 amide bonds. The van der Waals surface area contributed by atoms with E-state index in [0.717, 1.165) is 11.5 Å². The van der Waals surface area contributed by atoms with Crippen LogP contribution in [0, 0.1) is 0 Å². The number of aliphatic hydroxyl groups is 1. The van der Waals surface area contributed by atoms with Crippen LogP contribution in [0.25, 0.3) is 0 Å². The van der Waals surface area contributed by atoms with Gasteiger partial charge in [-0.1, -0.05) is 0 Å². The van der Waals surface area contributed by atoms with Crippen LogP contribution in [0.1, 0.15) is 25.4 Å². The van der Waals surface area contributed by atoms with Gasteiger partial charge in [0.2, 0.25) is 0 Å². The molecular formula is C14H19NO3. The van der Waals surface area contributed by atoms with Crippen molar-refractivity contribution in [3.8, 4) is 0 Å². The zero-order chi connectivity index (χ0) is 13.0. The summed E-state index contributed by atoms with van der Waals surface area (Å²) >= 11 is 0. The summed E-state index contributed by atoms with van der Waals surface area (Å²) in [6.07, 6.45) is 3.31. The van der Waals surface area contributed by atoms with Crippen LogP contribution < -0.4 is 0 Å². The molecule has 1 N–H and O–H groups in total. The molecule has 0 spiro atoms. The van der Waals surface area contributed by atoms with Crippen LogP contribution in [0.2, 0.25) is 0 Å². The first-order valence-electron chi connectivity index (χ1n) is 6.02. The van der Waals surface area contributed by atoms with Gasteiger partial charge < -0.3 is 13.9 Å². The van der Waals surface area contributed by atoms with E-state index < -0.39 is 5.60 Å². The van der Waals surface area contributed by atoms with Gasteiger partial charge in [0.05, 0.1) is 31.2 Å². The summed E-state index contributed by atoms with van der Waals surface area (Å²) in [7, 11) is 0. The number of rotatable bonds is 6. The van der Waals surface area contributed by atoms with E-state index in [-0.39, 0.29) is 0 Å². The van der Waals surface area contributed by atoms with Crippen molar-refractivity contribution in [2.24, 2.45) is 0 Å². The molecule has 2 aromatic rings. The maximum absolute atomic E-state index is 9.94. The van der Waals surface area contributed by atoms with Crippen LogP contribution in [0.3, 0.4) is 0 Å². The SMILES string of the molecule is CC(C)(O)CN(Cc1ccco1)Cc1ccco1. The molecule has 18 heavy (non-hydrogen) atoms. The molecule has 0 fully saturated rings. The van der Waals surface area contributed by atoms with E-state index in [9.17, 15) is 5.11 Å². The summed E-state index contributed by atoms with van der Waals surface area (Å²) in [6, 6.07) is 7.59. The standard InChI is InChI=1S/C14H19NO3/c1-14(2,16)11-15(9-12-5-3-7-17-12)10-13-6-4-8-18-13/h3-8,16H,9-11H2,1-2H3. The van der Waals surface area contributed by atoms with Crippen molar-refractivity contribution < 1.29 is 13.9 Å². The Labute approximate surface area is 107 Å². The lowest BCUT2D eigenvalue weighted by molar-refractivity contribution is 0.0264. The molecule has 0 aliphatic heterocycles. The third-order valence-electron chi connectivity index (χ3n) is 2.53. The van der Waals surface area contributed by atoms with Gasteiger partial charge >= 0.3 is 0 Å². The Kier molecular flexibility index (Phi) is 3.89. The van der Waals surface area contributed by atoms with Gasteiger partial charge in [-0.3, -0.25) is 4.90 Å². The van der Waals surface area contributed by atoms with Crippen molar-refractivity contribution in [2.75, 3.05) is 6.54 Å². The van der Waals surface area contributed by atoms with Crippen molar-refractivity contribution in [1.29, 1.82) is 0 Å². The predicted molar refractivity (Wildman–Crippen MR) is 67.8 cm³/mol. The summed E-state index contributed by atoms with van der Waals surface area (Å²) < 4.78 is 10.7. The van der Waals surface area contributed by atoms with E-state index in [4.69, 9.17) is 8.83 Å². The minimum absolute atomic E-state index is 0.550. The maximum Gasteiger partial charge on any atom is 0.117 e. The lowest BCUT2D eigenvalue weighted by Gasteiger charge is -2.27. The molecule has 98 valence electrons. The predicted octanol–water partition coefficient (Wildman–Crippen LogP) is 2.65. The van der Waals surface area contributed by atoms with Crippen LogP contribution in [0.15, 0.2) is 45.6 Å². The van der Waals surface area contributed by atoms with Crippen molar-refractivity contribution in [2.45, 2.75) is 32.5 Å². The fraction of sp³-hybridized carbons (Fsp3) is 0.429. The van der Waals surface area contributed by atoms with Crippen LogP contribution in [-0.4, -0.2) is 22.2 Å². The number of nitrogens with zero attached hydrogens (tertiary/aromatic N) is 1. The van der Waals surface area contributed by atoms with Crippen molar-refractivity contribution in [1.82, 2.24) is 4.90 Å². The van der Waals surface area contributed by atoms with Gasteiger partial charge in [-0.05, 0) is 38.1 Å². The van der Waals surface area contributed by atoms with E-state index in [1.807, 2.05) is 24.3 Å². The minimum Gasteiger partial charge on any atom is -0.468 e. The zero-order valence-electron chi connectivity index (χ0n) is 10.8. The molecule has 0 aromatic carbocycles. The Morgan fingerprint density at radius 3 is 1.89 bits per heavy atom. The van der Waals surface area contributed by atoms with Gasteiger partial charge in [0.15, 0.2) is 0 Å². The van der Waals surface area contributed by atoms with Crippen molar-refractivity contribution >= 4 is 0 Å². The van der Waals surface area contributed by atoms with Gasteiger partial charge in [0.1, 0.15) is 11.5 Å². The van der Waals surface area contributed by atoms with E-state index in [0.29, 0.717) is 19.6 Å². The molecule has 0 aliphatic carbocycles. The monoisotopic (exact) mass is 249 g/mol. The van der Waals surface area contributed by atoms with Gasteiger partial charge in [0.25, 0.3) is 0 Å². The molecule has 0 saturated carbocycles. The Morgan fingerprint density at radius 1 is 1.06 bits per heavy atom. The van der Waals surface area contributed by atoms with Gasteiger partial charge in [-0.25, -0.2) is 0 Å². The summed E-state index contributed by atoms with van der Waals surface area (Å²) in [4.78, 5) is 2.09. The fourth-order valence-corrected chi connectivity index (χ4v) is 1.96. The van der Waals surface area contributed by atoms with Crippen molar-refractivity contribution in [3.63, 3.8) is 0 Å². The second kappa shape index (κ2) is 5.42. The van der Waals surface area contributed by atoms with Crippen LogP contribution in [-0.2, 0) is 13.1 Å². The Hall–Kier alpha value is -1.52. The summed E-state index contributed by atoms with van der Waals surface area (Å²) in [6.45, 7) is 5.44. The highest BCUT2D eigenvalue weighted by Gasteiger charge is 2.20. The molecule has 0 atom stereocenters. The molecular weight excluding hydrogens is 230 g/mol. The lowest BCUT2D eigenvalue weighted by atomic mass is 10.1. The summed E-state index contributed by atoms with van der Waals surface area (Å²) in [5, 5.41) is 9.94. The van der Waals surface area contributed by atoms with Crippen LogP contribution in [0.4, 0.5) is 0 Å². The normalized spacial score (nSPS) is 12.2. The first-order valence-corrected chi connectivity index (χ1v) is 6.02. The van der Waals surface area contributed by atoms with E-state index in [2.05, 4.69) is 4.90 Å². The number of hydrogen-bond acceptors (Lipinski definition) is 4. The summed E-state index contributed by atoms with van der Waals surface area (Å²) in [5.74, 6) is 1.76. The Balaban J connectivity index is 2.02. The van der Waals surface area contributed by atoms with Gasteiger partial charge in [0, 0.05) is 6.54 Å².